The van der Waals surface area contributed by atoms with Crippen LogP contribution in [0.1, 0.15) is 62.1 Å². The minimum absolute atomic E-state index is 0.228. The number of rotatable bonds is 4. The standard InChI is InChI=1S/C16H24N2S/c1-11-10-19-15(17-11)16(18-14-6-7-14)8-2-3-13(9-16)12-4-5-12/h10,12-14,18H,2-9H2,1H3. The maximum Gasteiger partial charge on any atom is 0.113 e. The highest BCUT2D eigenvalue weighted by Crippen LogP contribution is 2.50. The summed E-state index contributed by atoms with van der Waals surface area (Å²) in [7, 11) is 0. The largest absolute Gasteiger partial charge is 0.303 e. The summed E-state index contributed by atoms with van der Waals surface area (Å²) in [6.45, 7) is 2.13. The van der Waals surface area contributed by atoms with E-state index in [0.29, 0.717) is 0 Å². The summed E-state index contributed by atoms with van der Waals surface area (Å²) in [6, 6.07) is 0.780. The summed E-state index contributed by atoms with van der Waals surface area (Å²) in [5.74, 6) is 2.01. The van der Waals surface area contributed by atoms with Gasteiger partial charge in [0.05, 0.1) is 5.54 Å². The van der Waals surface area contributed by atoms with Gasteiger partial charge in [0.2, 0.25) is 0 Å². The Kier molecular flexibility index (Phi) is 2.96. The van der Waals surface area contributed by atoms with E-state index in [4.69, 9.17) is 4.98 Å². The van der Waals surface area contributed by atoms with E-state index in [0.717, 1.165) is 17.9 Å². The molecule has 19 heavy (non-hydrogen) atoms. The molecule has 0 aromatic carbocycles. The number of nitrogens with one attached hydrogen (secondary N) is 1. The van der Waals surface area contributed by atoms with Crippen LogP contribution in [0.25, 0.3) is 0 Å². The van der Waals surface area contributed by atoms with Crippen LogP contribution in [0, 0.1) is 18.8 Å². The van der Waals surface area contributed by atoms with Crippen LogP contribution >= 0.6 is 11.3 Å². The van der Waals surface area contributed by atoms with Gasteiger partial charge in [-0.1, -0.05) is 12.8 Å². The van der Waals surface area contributed by atoms with Gasteiger partial charge < -0.3 is 5.32 Å². The first kappa shape index (κ1) is 12.3. The van der Waals surface area contributed by atoms with Gasteiger partial charge in [-0.25, -0.2) is 4.98 Å². The second-order valence-electron chi connectivity index (χ2n) is 6.99. The maximum absolute atomic E-state index is 4.86. The smallest absolute Gasteiger partial charge is 0.113 e. The molecular weight excluding hydrogens is 252 g/mol. The average Bonchev–Trinajstić information content (AvgIpc) is 3.31. The minimum atomic E-state index is 0.228. The first-order valence-corrected chi connectivity index (χ1v) is 8.83. The second kappa shape index (κ2) is 4.56. The van der Waals surface area contributed by atoms with Crippen molar-refractivity contribution in [2.45, 2.75) is 69.9 Å². The first-order chi connectivity index (χ1) is 9.25. The van der Waals surface area contributed by atoms with Crippen molar-refractivity contribution in [1.29, 1.82) is 0 Å². The third kappa shape index (κ3) is 2.47. The van der Waals surface area contributed by atoms with Crippen LogP contribution in [-0.4, -0.2) is 11.0 Å². The van der Waals surface area contributed by atoms with Gasteiger partial charge in [0, 0.05) is 17.1 Å². The van der Waals surface area contributed by atoms with Crippen molar-refractivity contribution in [3.63, 3.8) is 0 Å². The Labute approximate surface area is 120 Å². The zero-order chi connectivity index (χ0) is 12.9. The lowest BCUT2D eigenvalue weighted by Gasteiger charge is -2.41. The van der Waals surface area contributed by atoms with Crippen LogP contribution in [0.2, 0.25) is 0 Å². The quantitative estimate of drug-likeness (QED) is 0.899. The lowest BCUT2D eigenvalue weighted by atomic mass is 9.74. The van der Waals surface area contributed by atoms with Gasteiger partial charge in [-0.2, -0.15) is 0 Å². The lowest BCUT2D eigenvalue weighted by molar-refractivity contribution is 0.161. The van der Waals surface area contributed by atoms with Crippen LogP contribution in [0.15, 0.2) is 5.38 Å². The van der Waals surface area contributed by atoms with E-state index >= 15 is 0 Å². The van der Waals surface area contributed by atoms with Crippen LogP contribution in [0.5, 0.6) is 0 Å². The van der Waals surface area contributed by atoms with Crippen LogP contribution in [-0.2, 0) is 5.54 Å². The molecule has 3 aliphatic rings. The minimum Gasteiger partial charge on any atom is -0.303 e. The number of aromatic nitrogens is 1. The molecule has 1 aromatic rings. The molecule has 0 saturated heterocycles. The van der Waals surface area contributed by atoms with Gasteiger partial charge in [0.25, 0.3) is 0 Å². The summed E-state index contributed by atoms with van der Waals surface area (Å²) in [4.78, 5) is 4.86. The zero-order valence-electron chi connectivity index (χ0n) is 11.8. The van der Waals surface area contributed by atoms with Crippen molar-refractivity contribution >= 4 is 11.3 Å². The fraction of sp³-hybridized carbons (Fsp3) is 0.812. The fourth-order valence-corrected chi connectivity index (χ4v) is 4.87. The molecule has 2 unspecified atom stereocenters. The van der Waals surface area contributed by atoms with Gasteiger partial charge >= 0.3 is 0 Å². The molecule has 0 radical (unpaired) electrons. The highest BCUT2D eigenvalue weighted by Gasteiger charge is 2.46. The summed E-state index contributed by atoms with van der Waals surface area (Å²) >= 11 is 1.89. The summed E-state index contributed by atoms with van der Waals surface area (Å²) in [5, 5.41) is 7.60. The molecule has 4 rings (SSSR count). The Morgan fingerprint density at radius 2 is 2.05 bits per heavy atom. The molecular formula is C16H24N2S. The van der Waals surface area contributed by atoms with E-state index in [1.54, 1.807) is 0 Å². The monoisotopic (exact) mass is 276 g/mol. The number of hydrogen-bond donors (Lipinski definition) is 1. The molecule has 0 amide bonds. The predicted molar refractivity (Wildman–Crippen MR) is 79.4 cm³/mol. The molecule has 0 bridgehead atoms. The highest BCUT2D eigenvalue weighted by molar-refractivity contribution is 7.09. The van der Waals surface area contributed by atoms with Gasteiger partial charge in [-0.05, 0) is 57.3 Å². The van der Waals surface area contributed by atoms with Gasteiger partial charge in [0.15, 0.2) is 0 Å². The highest BCUT2D eigenvalue weighted by atomic mass is 32.1. The molecule has 2 nitrogen and oxygen atoms in total. The van der Waals surface area contributed by atoms with Crippen LogP contribution in [0.4, 0.5) is 0 Å². The normalized spacial score (nSPS) is 35.5. The van der Waals surface area contributed by atoms with E-state index in [2.05, 4.69) is 17.6 Å². The van der Waals surface area contributed by atoms with Crippen LogP contribution < -0.4 is 5.32 Å². The van der Waals surface area contributed by atoms with Gasteiger partial charge in [0.1, 0.15) is 5.01 Å². The maximum atomic E-state index is 4.86. The van der Waals surface area contributed by atoms with E-state index < -0.39 is 0 Å². The molecule has 1 heterocycles. The lowest BCUT2D eigenvalue weighted by Crippen LogP contribution is -2.47. The van der Waals surface area contributed by atoms with E-state index in [9.17, 15) is 0 Å². The summed E-state index contributed by atoms with van der Waals surface area (Å²) in [5.41, 5.74) is 1.43. The van der Waals surface area contributed by atoms with Crippen molar-refractivity contribution in [2.24, 2.45) is 11.8 Å². The molecule has 0 aliphatic heterocycles. The molecule has 104 valence electrons. The Morgan fingerprint density at radius 3 is 2.68 bits per heavy atom. The Bertz CT molecular complexity index is 461. The molecule has 3 fully saturated rings. The first-order valence-electron chi connectivity index (χ1n) is 7.95. The predicted octanol–water partition coefficient (Wildman–Crippen LogP) is 4.00. The zero-order valence-corrected chi connectivity index (χ0v) is 12.6. The molecule has 2 atom stereocenters. The number of nitrogens with zero attached hydrogens (tertiary/aromatic N) is 1. The topological polar surface area (TPSA) is 24.9 Å². The molecule has 3 heteroatoms. The molecule has 3 aliphatic carbocycles. The number of thiazole rings is 1. The Morgan fingerprint density at radius 1 is 1.21 bits per heavy atom. The van der Waals surface area contributed by atoms with Crippen molar-refractivity contribution in [2.75, 3.05) is 0 Å². The van der Waals surface area contributed by atoms with Gasteiger partial charge in [-0.15, -0.1) is 11.3 Å². The molecule has 1 N–H and O–H groups in total. The molecule has 0 spiro atoms. The number of aryl methyl sites for hydroxylation is 1. The number of hydrogen-bond acceptors (Lipinski definition) is 3. The third-order valence-electron chi connectivity index (χ3n) is 5.16. The van der Waals surface area contributed by atoms with E-state index in [1.807, 2.05) is 11.3 Å². The second-order valence-corrected chi connectivity index (χ2v) is 7.85. The average molecular weight is 276 g/mol. The Balaban J connectivity index is 1.62. The summed E-state index contributed by atoms with van der Waals surface area (Å²) < 4.78 is 0. The summed E-state index contributed by atoms with van der Waals surface area (Å²) in [6.07, 6.45) is 11.2. The van der Waals surface area contributed by atoms with Crippen LogP contribution in [0.3, 0.4) is 0 Å². The Hall–Kier alpha value is -0.410. The fourth-order valence-electron chi connectivity index (χ4n) is 3.87. The third-order valence-corrected chi connectivity index (χ3v) is 6.33. The van der Waals surface area contributed by atoms with E-state index in [-0.39, 0.29) is 5.54 Å². The SMILES string of the molecule is Cc1csc(C2(NC3CC3)CCCC(C3CC3)C2)n1. The molecule has 3 saturated carbocycles. The van der Waals surface area contributed by atoms with Crippen molar-refractivity contribution in [3.05, 3.63) is 16.1 Å². The van der Waals surface area contributed by atoms with Crippen molar-refractivity contribution in [3.8, 4) is 0 Å². The van der Waals surface area contributed by atoms with E-state index in [1.165, 1.54) is 62.1 Å². The van der Waals surface area contributed by atoms with Crippen molar-refractivity contribution < 1.29 is 0 Å². The van der Waals surface area contributed by atoms with Gasteiger partial charge in [-0.3, -0.25) is 0 Å². The molecule has 1 aromatic heterocycles. The van der Waals surface area contributed by atoms with Crippen molar-refractivity contribution in [1.82, 2.24) is 10.3 Å².